The first-order valence-corrected chi connectivity index (χ1v) is 5.86. The zero-order valence-corrected chi connectivity index (χ0v) is 10.1. The Labute approximate surface area is 106 Å². The number of hydrogen-bond donors (Lipinski definition) is 0. The second-order valence-corrected chi connectivity index (χ2v) is 4.09. The lowest BCUT2D eigenvalue weighted by atomic mass is 10.2. The molecule has 2 heteroatoms. The average molecular weight is 232 g/mol. The minimum Gasteiger partial charge on any atom is -0.254 e. The summed E-state index contributed by atoms with van der Waals surface area (Å²) < 4.78 is 1.93. The van der Waals surface area contributed by atoms with E-state index < -0.39 is 0 Å². The van der Waals surface area contributed by atoms with Crippen LogP contribution in [0, 0.1) is 18.9 Å². The van der Waals surface area contributed by atoms with Gasteiger partial charge in [0.15, 0.2) is 0 Å². The Morgan fingerprint density at radius 3 is 2.50 bits per heavy atom. The van der Waals surface area contributed by atoms with E-state index in [1.165, 1.54) is 0 Å². The summed E-state index contributed by atoms with van der Waals surface area (Å²) in [6.07, 6.45) is 0. The van der Waals surface area contributed by atoms with Gasteiger partial charge in [0.2, 0.25) is 0 Å². The third kappa shape index (κ3) is 1.87. The van der Waals surface area contributed by atoms with Crippen LogP contribution in [0.1, 0.15) is 11.4 Å². The van der Waals surface area contributed by atoms with Crippen LogP contribution in [-0.2, 0) is 0 Å². The van der Waals surface area contributed by atoms with Gasteiger partial charge in [-0.3, -0.25) is 4.57 Å². The molecule has 1 aromatic heterocycles. The molecule has 0 unspecified atom stereocenters. The fourth-order valence-corrected chi connectivity index (χ4v) is 1.93. The summed E-state index contributed by atoms with van der Waals surface area (Å²) in [5.41, 5.74) is 3.05. The van der Waals surface area contributed by atoms with E-state index in [4.69, 9.17) is 0 Å². The largest absolute Gasteiger partial charge is 0.254 e. The number of nitrogens with zero attached hydrogens (tertiary/aromatic N) is 2. The first-order valence-electron chi connectivity index (χ1n) is 5.86. The van der Waals surface area contributed by atoms with Crippen molar-refractivity contribution in [1.82, 2.24) is 9.55 Å². The van der Waals surface area contributed by atoms with Gasteiger partial charge in [0, 0.05) is 11.6 Å². The van der Waals surface area contributed by atoms with Crippen molar-refractivity contribution >= 4 is 11.0 Å². The van der Waals surface area contributed by atoms with Crippen molar-refractivity contribution in [3.8, 4) is 12.0 Å². The molecule has 0 radical (unpaired) electrons. The van der Waals surface area contributed by atoms with Crippen LogP contribution in [0.3, 0.4) is 0 Å². The number of fused-ring (bicyclic) bond motifs is 1. The Morgan fingerprint density at radius 1 is 0.944 bits per heavy atom. The van der Waals surface area contributed by atoms with Gasteiger partial charge in [-0.25, -0.2) is 4.98 Å². The van der Waals surface area contributed by atoms with E-state index in [1.807, 2.05) is 66.1 Å². The highest BCUT2D eigenvalue weighted by atomic mass is 15.1. The molecule has 0 aliphatic rings. The molecule has 3 rings (SSSR count). The van der Waals surface area contributed by atoms with Crippen LogP contribution in [-0.4, -0.2) is 9.55 Å². The van der Waals surface area contributed by atoms with Crippen molar-refractivity contribution in [2.75, 3.05) is 0 Å². The smallest absolute Gasteiger partial charge is 0.118 e. The van der Waals surface area contributed by atoms with Crippen molar-refractivity contribution in [2.45, 2.75) is 6.92 Å². The number of hydrogen-bond acceptors (Lipinski definition) is 1. The highest BCUT2D eigenvalue weighted by Crippen LogP contribution is 2.13. The Bertz CT molecular complexity index is 743. The molecule has 0 saturated carbocycles. The van der Waals surface area contributed by atoms with E-state index in [9.17, 15) is 0 Å². The molecule has 2 aromatic carbocycles. The Morgan fingerprint density at radius 2 is 1.67 bits per heavy atom. The minimum absolute atomic E-state index is 0.916. The predicted octanol–water partition coefficient (Wildman–Crippen LogP) is 3.20. The van der Waals surface area contributed by atoms with E-state index in [-0.39, 0.29) is 0 Å². The van der Waals surface area contributed by atoms with Gasteiger partial charge >= 0.3 is 0 Å². The van der Waals surface area contributed by atoms with Gasteiger partial charge in [-0.15, -0.1) is 0 Å². The number of benzene rings is 2. The molecule has 0 atom stereocenters. The van der Waals surface area contributed by atoms with Crippen molar-refractivity contribution in [2.24, 2.45) is 0 Å². The van der Waals surface area contributed by atoms with E-state index in [2.05, 4.69) is 16.9 Å². The number of para-hydroxylation sites is 2. The number of aryl methyl sites for hydroxylation is 1. The topological polar surface area (TPSA) is 17.8 Å². The van der Waals surface area contributed by atoms with Crippen LogP contribution in [0.2, 0.25) is 0 Å². The van der Waals surface area contributed by atoms with Gasteiger partial charge in [-0.2, -0.15) is 0 Å². The third-order valence-electron chi connectivity index (χ3n) is 2.81. The maximum atomic E-state index is 4.49. The zero-order chi connectivity index (χ0) is 12.4. The highest BCUT2D eigenvalue weighted by Gasteiger charge is 2.03. The first-order chi connectivity index (χ1) is 8.84. The standard InChI is InChI=1S/C16H12N2/c1-13-17-15-9-5-6-10-16(15)18(13)12-11-14-7-3-2-4-8-14/h2-10H,1H3. The summed E-state index contributed by atoms with van der Waals surface area (Å²) in [6, 6.07) is 21.2. The summed E-state index contributed by atoms with van der Waals surface area (Å²) in [4.78, 5) is 4.49. The van der Waals surface area contributed by atoms with Crippen LogP contribution >= 0.6 is 0 Å². The quantitative estimate of drug-likeness (QED) is 0.544. The second kappa shape index (κ2) is 4.38. The second-order valence-electron chi connectivity index (χ2n) is 4.09. The van der Waals surface area contributed by atoms with Gasteiger partial charge in [0.1, 0.15) is 5.82 Å². The van der Waals surface area contributed by atoms with Crippen molar-refractivity contribution < 1.29 is 0 Å². The predicted molar refractivity (Wildman–Crippen MR) is 73.2 cm³/mol. The normalized spacial score (nSPS) is 10.1. The van der Waals surface area contributed by atoms with E-state index in [0.29, 0.717) is 0 Å². The molecule has 0 aliphatic carbocycles. The first kappa shape index (κ1) is 10.6. The maximum absolute atomic E-state index is 4.49. The minimum atomic E-state index is 0.916. The van der Waals surface area contributed by atoms with Gasteiger partial charge in [0.25, 0.3) is 0 Å². The average Bonchev–Trinajstić information content (AvgIpc) is 2.73. The number of aromatic nitrogens is 2. The maximum Gasteiger partial charge on any atom is 0.118 e. The summed E-state index contributed by atoms with van der Waals surface area (Å²) in [5, 5.41) is 0. The Balaban J connectivity index is 2.11. The molecule has 0 bridgehead atoms. The van der Waals surface area contributed by atoms with Gasteiger partial charge in [-0.1, -0.05) is 30.3 Å². The van der Waals surface area contributed by atoms with Crippen LogP contribution in [0.4, 0.5) is 0 Å². The lowest BCUT2D eigenvalue weighted by Crippen LogP contribution is -1.91. The monoisotopic (exact) mass is 232 g/mol. The molecule has 0 saturated heterocycles. The van der Waals surface area contributed by atoms with Crippen LogP contribution < -0.4 is 0 Å². The molecule has 0 N–H and O–H groups in total. The Kier molecular flexibility index (Phi) is 2.59. The lowest BCUT2D eigenvalue weighted by molar-refractivity contribution is 1.04. The summed E-state index contributed by atoms with van der Waals surface area (Å²) in [6.45, 7) is 1.97. The fraction of sp³-hybridized carbons (Fsp3) is 0.0625. The van der Waals surface area contributed by atoms with Crippen LogP contribution in [0.5, 0.6) is 0 Å². The third-order valence-corrected chi connectivity index (χ3v) is 2.81. The van der Waals surface area contributed by atoms with E-state index in [1.54, 1.807) is 0 Å². The van der Waals surface area contributed by atoms with E-state index in [0.717, 1.165) is 22.4 Å². The zero-order valence-electron chi connectivity index (χ0n) is 10.1. The molecular formula is C16H12N2. The number of rotatable bonds is 0. The highest BCUT2D eigenvalue weighted by molar-refractivity contribution is 5.77. The molecule has 0 fully saturated rings. The van der Waals surface area contributed by atoms with Gasteiger partial charge in [0.05, 0.1) is 11.0 Å². The molecule has 0 spiro atoms. The SMILES string of the molecule is Cc1nc2ccccc2n1C#Cc1ccccc1. The molecule has 2 nitrogen and oxygen atoms in total. The molecule has 3 aromatic rings. The number of imidazole rings is 1. The fourth-order valence-electron chi connectivity index (χ4n) is 1.93. The lowest BCUT2D eigenvalue weighted by Gasteiger charge is -1.94. The van der Waals surface area contributed by atoms with Crippen molar-refractivity contribution in [3.63, 3.8) is 0 Å². The summed E-state index contributed by atoms with van der Waals surface area (Å²) in [7, 11) is 0. The van der Waals surface area contributed by atoms with Crippen LogP contribution in [0.15, 0.2) is 54.6 Å². The molecule has 0 aliphatic heterocycles. The van der Waals surface area contributed by atoms with E-state index >= 15 is 0 Å². The summed E-state index contributed by atoms with van der Waals surface area (Å²) >= 11 is 0. The summed E-state index contributed by atoms with van der Waals surface area (Å²) in [5.74, 6) is 4.07. The van der Waals surface area contributed by atoms with Crippen molar-refractivity contribution in [3.05, 3.63) is 66.0 Å². The molecular weight excluding hydrogens is 220 g/mol. The molecule has 1 heterocycles. The van der Waals surface area contributed by atoms with Gasteiger partial charge < -0.3 is 0 Å². The van der Waals surface area contributed by atoms with Crippen LogP contribution in [0.25, 0.3) is 11.0 Å². The molecule has 0 amide bonds. The Hall–Kier alpha value is -2.53. The van der Waals surface area contributed by atoms with Gasteiger partial charge in [-0.05, 0) is 37.1 Å². The molecule has 86 valence electrons. The molecule has 18 heavy (non-hydrogen) atoms. The van der Waals surface area contributed by atoms with Crippen molar-refractivity contribution in [1.29, 1.82) is 0 Å².